The molecule has 0 unspecified atom stereocenters. The van der Waals surface area contributed by atoms with Crippen LogP contribution < -0.4 is 4.48 Å². The monoisotopic (exact) mass is 310 g/mol. The maximum atomic E-state index is 12.7. The third-order valence-electron chi connectivity index (χ3n) is 4.02. The number of aromatic carboxylic acids is 1. The Hall–Kier alpha value is -2.79. The van der Waals surface area contributed by atoms with E-state index < -0.39 is 5.97 Å². The smallest absolute Gasteiger partial charge is 0.335 e. The summed E-state index contributed by atoms with van der Waals surface area (Å²) in [6.45, 7) is 0. The molecule has 0 spiro atoms. The molecule has 0 radical (unpaired) electrons. The number of nitrogens with zero attached hydrogens (tertiary/aromatic N) is 1. The highest BCUT2D eigenvalue weighted by Crippen LogP contribution is 2.31. The summed E-state index contributed by atoms with van der Waals surface area (Å²) in [4.78, 5) is 36.4. The quantitative estimate of drug-likeness (QED) is 0.738. The van der Waals surface area contributed by atoms with Crippen LogP contribution in [-0.4, -0.2) is 43.8 Å². The predicted octanol–water partition coefficient (Wildman–Crippen LogP) is 2.36. The van der Waals surface area contributed by atoms with Gasteiger partial charge in [-0.05, 0) is 30.3 Å². The molecule has 0 atom stereocenters. The van der Waals surface area contributed by atoms with E-state index in [4.69, 9.17) is 5.11 Å². The van der Waals surface area contributed by atoms with Crippen molar-refractivity contribution in [2.45, 2.75) is 0 Å². The van der Waals surface area contributed by atoms with Crippen LogP contribution in [0.5, 0.6) is 0 Å². The number of hydrogen-bond donors (Lipinski definition) is 1. The molecular weight excluding hydrogens is 294 g/mol. The Labute approximate surface area is 133 Å². The molecule has 1 aliphatic rings. The Morgan fingerprint density at radius 1 is 0.826 bits per heavy atom. The van der Waals surface area contributed by atoms with E-state index in [0.717, 1.165) is 5.69 Å². The SMILES string of the molecule is C[N+](C)(C)c1ccc2c(c1)C(=O)c1ccc(C(=O)O)cc1C2=O. The van der Waals surface area contributed by atoms with Gasteiger partial charge in [0, 0.05) is 28.3 Å². The van der Waals surface area contributed by atoms with Crippen LogP contribution in [-0.2, 0) is 0 Å². The van der Waals surface area contributed by atoms with Gasteiger partial charge in [0.25, 0.3) is 0 Å². The zero-order valence-corrected chi connectivity index (χ0v) is 13.1. The zero-order valence-electron chi connectivity index (χ0n) is 13.1. The lowest BCUT2D eigenvalue weighted by molar-refractivity contribution is 0.0696. The zero-order chi connectivity index (χ0) is 16.9. The highest BCUT2D eigenvalue weighted by atomic mass is 16.4. The van der Waals surface area contributed by atoms with E-state index >= 15 is 0 Å². The van der Waals surface area contributed by atoms with Crippen molar-refractivity contribution in [3.8, 4) is 0 Å². The number of carbonyl (C=O) groups is 3. The Balaban J connectivity index is 2.20. The van der Waals surface area contributed by atoms with Gasteiger partial charge >= 0.3 is 5.97 Å². The summed E-state index contributed by atoms with van der Waals surface area (Å²) < 4.78 is 0.527. The number of quaternary nitrogens is 1. The molecule has 0 fully saturated rings. The fraction of sp³-hybridized carbons (Fsp3) is 0.167. The number of ketones is 2. The molecule has 1 aliphatic carbocycles. The van der Waals surface area contributed by atoms with Gasteiger partial charge in [0.1, 0.15) is 5.69 Å². The van der Waals surface area contributed by atoms with Crippen LogP contribution >= 0.6 is 0 Å². The number of fused-ring (bicyclic) bond motifs is 2. The number of hydrogen-bond acceptors (Lipinski definition) is 3. The molecule has 116 valence electrons. The fourth-order valence-corrected chi connectivity index (χ4v) is 2.69. The second-order valence-corrected chi connectivity index (χ2v) is 6.47. The van der Waals surface area contributed by atoms with Gasteiger partial charge in [-0.1, -0.05) is 0 Å². The van der Waals surface area contributed by atoms with Gasteiger partial charge in [0.15, 0.2) is 11.6 Å². The van der Waals surface area contributed by atoms with Crippen LogP contribution in [0.4, 0.5) is 5.69 Å². The van der Waals surface area contributed by atoms with Crippen LogP contribution in [0.1, 0.15) is 42.2 Å². The van der Waals surface area contributed by atoms with Crippen molar-refractivity contribution in [2.75, 3.05) is 21.1 Å². The van der Waals surface area contributed by atoms with Gasteiger partial charge in [-0.2, -0.15) is 0 Å². The molecule has 2 aromatic rings. The molecule has 5 heteroatoms. The first kappa shape index (κ1) is 15.1. The molecule has 0 saturated heterocycles. The molecule has 0 saturated carbocycles. The van der Waals surface area contributed by atoms with Gasteiger partial charge in [0.2, 0.25) is 0 Å². The van der Waals surface area contributed by atoms with E-state index in [1.807, 2.05) is 27.2 Å². The predicted molar refractivity (Wildman–Crippen MR) is 86.3 cm³/mol. The highest BCUT2D eigenvalue weighted by molar-refractivity contribution is 6.29. The first-order valence-corrected chi connectivity index (χ1v) is 7.13. The van der Waals surface area contributed by atoms with Crippen LogP contribution in [0, 0.1) is 0 Å². The van der Waals surface area contributed by atoms with E-state index in [-0.39, 0.29) is 28.3 Å². The first-order valence-electron chi connectivity index (χ1n) is 7.13. The average Bonchev–Trinajstić information content (AvgIpc) is 2.50. The molecule has 0 amide bonds. The molecule has 23 heavy (non-hydrogen) atoms. The summed E-state index contributed by atoms with van der Waals surface area (Å²) in [5, 5.41) is 9.06. The minimum atomic E-state index is -1.13. The van der Waals surface area contributed by atoms with Gasteiger partial charge < -0.3 is 5.11 Å². The van der Waals surface area contributed by atoms with Crippen molar-refractivity contribution in [1.82, 2.24) is 4.48 Å². The number of carboxylic acid groups (broad SMARTS) is 1. The highest BCUT2D eigenvalue weighted by Gasteiger charge is 2.31. The molecular formula is C18H16NO4+. The topological polar surface area (TPSA) is 71.4 Å². The molecule has 2 aromatic carbocycles. The van der Waals surface area contributed by atoms with E-state index in [0.29, 0.717) is 15.6 Å². The third-order valence-corrected chi connectivity index (χ3v) is 4.02. The van der Waals surface area contributed by atoms with E-state index in [1.165, 1.54) is 18.2 Å². The van der Waals surface area contributed by atoms with Gasteiger partial charge in [-0.15, -0.1) is 0 Å². The van der Waals surface area contributed by atoms with Crippen molar-refractivity contribution in [1.29, 1.82) is 0 Å². The second kappa shape index (κ2) is 4.86. The number of carbonyl (C=O) groups excluding carboxylic acids is 2. The lowest BCUT2D eigenvalue weighted by Crippen LogP contribution is -2.35. The Morgan fingerprint density at radius 3 is 1.87 bits per heavy atom. The summed E-state index contributed by atoms with van der Waals surface area (Å²) >= 11 is 0. The first-order chi connectivity index (χ1) is 10.7. The average molecular weight is 310 g/mol. The van der Waals surface area contributed by atoms with Crippen molar-refractivity contribution >= 4 is 23.2 Å². The van der Waals surface area contributed by atoms with E-state index in [9.17, 15) is 14.4 Å². The fourth-order valence-electron chi connectivity index (χ4n) is 2.69. The minimum absolute atomic E-state index is 0.00340. The molecule has 0 bridgehead atoms. The van der Waals surface area contributed by atoms with Gasteiger partial charge in [-0.25, -0.2) is 4.79 Å². The minimum Gasteiger partial charge on any atom is -0.478 e. The standard InChI is InChI=1S/C18H15NO4/c1-19(2,3)11-5-7-13-15(9-11)17(21)12-6-4-10(18(22)23)8-14(12)16(13)20/h4-9H,1-3H3/p+1. The lowest BCUT2D eigenvalue weighted by Gasteiger charge is -2.25. The van der Waals surface area contributed by atoms with Crippen molar-refractivity contribution < 1.29 is 19.5 Å². The second-order valence-electron chi connectivity index (χ2n) is 6.47. The summed E-state index contributed by atoms with van der Waals surface area (Å²) in [6.07, 6.45) is 0. The van der Waals surface area contributed by atoms with Crippen molar-refractivity contribution in [3.05, 3.63) is 64.2 Å². The third kappa shape index (κ3) is 2.35. The van der Waals surface area contributed by atoms with E-state index in [2.05, 4.69) is 0 Å². The van der Waals surface area contributed by atoms with Crippen LogP contribution in [0.3, 0.4) is 0 Å². The van der Waals surface area contributed by atoms with Gasteiger partial charge in [-0.3, -0.25) is 14.1 Å². The number of rotatable bonds is 2. The van der Waals surface area contributed by atoms with Crippen molar-refractivity contribution in [3.63, 3.8) is 0 Å². The Bertz CT molecular complexity index is 875. The molecule has 0 aromatic heterocycles. The van der Waals surface area contributed by atoms with Crippen LogP contribution in [0.25, 0.3) is 0 Å². The summed E-state index contributed by atoms with van der Waals surface area (Å²) in [5.41, 5.74) is 2.01. The normalized spacial score (nSPS) is 13.5. The largest absolute Gasteiger partial charge is 0.478 e. The Kier molecular flexibility index (Phi) is 3.19. The van der Waals surface area contributed by atoms with Crippen LogP contribution in [0.15, 0.2) is 36.4 Å². The molecule has 5 nitrogen and oxygen atoms in total. The summed E-state index contributed by atoms with van der Waals surface area (Å²) in [5.74, 6) is -1.69. The maximum Gasteiger partial charge on any atom is 0.335 e. The molecule has 3 rings (SSSR count). The Morgan fingerprint density at radius 2 is 1.35 bits per heavy atom. The molecule has 1 N–H and O–H groups in total. The summed E-state index contributed by atoms with van der Waals surface area (Å²) in [6, 6.07) is 9.24. The maximum absolute atomic E-state index is 12.7. The number of benzene rings is 2. The lowest BCUT2D eigenvalue weighted by atomic mass is 9.83. The van der Waals surface area contributed by atoms with Crippen molar-refractivity contribution in [2.24, 2.45) is 0 Å². The van der Waals surface area contributed by atoms with E-state index in [1.54, 1.807) is 12.1 Å². The van der Waals surface area contributed by atoms with Gasteiger partial charge in [0.05, 0.1) is 26.7 Å². The molecule has 0 heterocycles. The van der Waals surface area contributed by atoms with Crippen LogP contribution in [0.2, 0.25) is 0 Å². The number of carboxylic acids is 1. The molecule has 0 aliphatic heterocycles. The summed E-state index contributed by atoms with van der Waals surface area (Å²) in [7, 11) is 5.93.